The molecule has 2 aliphatic heterocycles. The Morgan fingerprint density at radius 1 is 1.09 bits per heavy atom. The second-order valence-electron chi connectivity index (χ2n) is 11.7. The molecule has 7 rings (SSSR count). The number of benzene rings is 2. The van der Waals surface area contributed by atoms with Crippen LogP contribution in [0.25, 0.3) is 0 Å². The number of hydrogen-bond donors (Lipinski definition) is 2. The lowest BCUT2D eigenvalue weighted by Gasteiger charge is -2.69. The Labute approximate surface area is 206 Å². The molecule has 186 valence electrons. The largest absolute Gasteiger partial charge is 0.632 e. The Hall–Kier alpha value is -2.12. The maximum absolute atomic E-state index is 14.6. The summed E-state index contributed by atoms with van der Waals surface area (Å²) < 4.78 is 13.2. The van der Waals surface area contributed by atoms with E-state index in [2.05, 4.69) is 24.3 Å². The number of hydroxylamine groups is 3. The van der Waals surface area contributed by atoms with Crippen LogP contribution in [0.15, 0.2) is 42.5 Å². The van der Waals surface area contributed by atoms with E-state index in [-0.39, 0.29) is 16.4 Å². The average molecular weight is 478 g/mol. The molecule has 2 bridgehead atoms. The third-order valence-corrected chi connectivity index (χ3v) is 9.80. The maximum Gasteiger partial charge on any atom is 0.165 e. The lowest BCUT2D eigenvalue weighted by atomic mass is 9.48. The number of rotatable bonds is 7. The van der Waals surface area contributed by atoms with E-state index in [0.717, 1.165) is 36.8 Å². The quantitative estimate of drug-likeness (QED) is 0.358. The zero-order valence-corrected chi connectivity index (χ0v) is 20.2. The lowest BCUT2D eigenvalue weighted by Crippen LogP contribution is -2.81. The van der Waals surface area contributed by atoms with Gasteiger partial charge in [-0.25, -0.2) is 0 Å². The van der Waals surface area contributed by atoms with Gasteiger partial charge in [-0.15, -0.1) is 0 Å². The minimum absolute atomic E-state index is 0.127. The molecule has 2 aromatic rings. The maximum atomic E-state index is 14.6. The van der Waals surface area contributed by atoms with Gasteiger partial charge in [-0.2, -0.15) is 0 Å². The normalized spacial score (nSPS) is 38.6. The summed E-state index contributed by atoms with van der Waals surface area (Å²) >= 11 is 0. The van der Waals surface area contributed by atoms with Crippen LogP contribution in [0.2, 0.25) is 0 Å². The van der Waals surface area contributed by atoms with E-state index in [9.17, 15) is 15.4 Å². The minimum Gasteiger partial charge on any atom is -0.632 e. The number of likely N-dealkylation sites (tertiary alicyclic amines) is 1. The van der Waals surface area contributed by atoms with Crippen molar-refractivity contribution >= 4 is 0 Å². The fraction of sp³-hybridized carbons (Fsp3) is 0.586. The van der Waals surface area contributed by atoms with Crippen LogP contribution in [0.5, 0.6) is 11.5 Å². The third-order valence-electron chi connectivity index (χ3n) is 9.80. The van der Waals surface area contributed by atoms with Crippen LogP contribution in [0.3, 0.4) is 0 Å². The minimum atomic E-state index is -0.686. The van der Waals surface area contributed by atoms with Crippen molar-refractivity contribution in [3.05, 3.63) is 64.4 Å². The number of aromatic hydroxyl groups is 1. The molecule has 6 nitrogen and oxygen atoms in total. The van der Waals surface area contributed by atoms with Gasteiger partial charge in [0.25, 0.3) is 0 Å². The monoisotopic (exact) mass is 477 g/mol. The molecule has 1 spiro atoms. The first-order chi connectivity index (χ1) is 17.0. The van der Waals surface area contributed by atoms with Gasteiger partial charge >= 0.3 is 0 Å². The Morgan fingerprint density at radius 2 is 1.91 bits per heavy atom. The van der Waals surface area contributed by atoms with E-state index >= 15 is 0 Å². The predicted molar refractivity (Wildman–Crippen MR) is 131 cm³/mol. The molecule has 3 fully saturated rings. The summed E-state index contributed by atoms with van der Waals surface area (Å²) in [6.07, 6.45) is 5.49. The number of hydrogen-bond acceptors (Lipinski definition) is 5. The van der Waals surface area contributed by atoms with Gasteiger partial charge < -0.3 is 29.5 Å². The summed E-state index contributed by atoms with van der Waals surface area (Å²) in [5, 5.41) is 36.5. The van der Waals surface area contributed by atoms with Crippen LogP contribution in [0.4, 0.5) is 0 Å². The fourth-order valence-corrected chi connectivity index (χ4v) is 8.17. The highest BCUT2D eigenvalue weighted by molar-refractivity contribution is 5.62. The number of aliphatic hydroxyl groups excluding tert-OH is 1. The first-order valence-electron chi connectivity index (χ1n) is 13.4. The van der Waals surface area contributed by atoms with Crippen LogP contribution in [0, 0.1) is 11.1 Å². The van der Waals surface area contributed by atoms with Crippen molar-refractivity contribution in [2.24, 2.45) is 5.92 Å². The highest BCUT2D eigenvalue weighted by Gasteiger charge is 2.77. The molecule has 6 atom stereocenters. The highest BCUT2D eigenvalue weighted by atomic mass is 16.6. The number of aryl methyl sites for hydroxylation is 1. The van der Waals surface area contributed by atoms with Gasteiger partial charge in [-0.05, 0) is 55.7 Å². The van der Waals surface area contributed by atoms with Gasteiger partial charge in [-0.3, -0.25) is 0 Å². The van der Waals surface area contributed by atoms with Crippen LogP contribution in [0.1, 0.15) is 55.2 Å². The summed E-state index contributed by atoms with van der Waals surface area (Å²) in [6.45, 7) is 1.77. The second kappa shape index (κ2) is 7.69. The summed E-state index contributed by atoms with van der Waals surface area (Å²) in [4.78, 5) is 0. The van der Waals surface area contributed by atoms with Gasteiger partial charge in [0, 0.05) is 30.9 Å². The first kappa shape index (κ1) is 22.1. The molecular weight excluding hydrogens is 442 g/mol. The molecule has 35 heavy (non-hydrogen) atoms. The Bertz CT molecular complexity index is 1140. The van der Waals surface area contributed by atoms with Gasteiger partial charge in [-0.1, -0.05) is 36.4 Å². The summed E-state index contributed by atoms with van der Waals surface area (Å²) in [7, 11) is 0. The van der Waals surface area contributed by atoms with E-state index in [1.807, 2.05) is 12.1 Å². The molecule has 2 N–H and O–H groups in total. The highest BCUT2D eigenvalue weighted by Crippen LogP contribution is 2.67. The third kappa shape index (κ3) is 3.03. The summed E-state index contributed by atoms with van der Waals surface area (Å²) in [6, 6.07) is 13.9. The van der Waals surface area contributed by atoms with Gasteiger partial charge in [0.15, 0.2) is 11.5 Å². The molecule has 0 aromatic heterocycles. The zero-order valence-electron chi connectivity index (χ0n) is 20.2. The molecule has 2 saturated carbocycles. The second-order valence-corrected chi connectivity index (χ2v) is 11.7. The number of nitrogens with zero attached hydrogens (tertiary/aromatic N) is 1. The molecular formula is C29H35NO5. The van der Waals surface area contributed by atoms with E-state index in [1.54, 1.807) is 6.07 Å². The molecule has 2 heterocycles. The van der Waals surface area contributed by atoms with E-state index in [4.69, 9.17) is 9.47 Å². The fourth-order valence-electron chi connectivity index (χ4n) is 8.17. The molecule has 1 saturated heterocycles. The first-order valence-corrected chi connectivity index (χ1v) is 13.4. The zero-order chi connectivity index (χ0) is 23.8. The van der Waals surface area contributed by atoms with Crippen molar-refractivity contribution in [1.29, 1.82) is 0 Å². The number of aliphatic hydroxyl groups is 1. The van der Waals surface area contributed by atoms with Crippen molar-refractivity contribution in [3.8, 4) is 11.5 Å². The van der Waals surface area contributed by atoms with E-state index in [0.29, 0.717) is 57.0 Å². The molecule has 5 aliphatic rings. The number of ether oxygens (including phenoxy) is 2. The summed E-state index contributed by atoms with van der Waals surface area (Å²) in [5.74, 6) is 1.16. The van der Waals surface area contributed by atoms with Crippen LogP contribution < -0.4 is 4.74 Å². The Balaban J connectivity index is 1.30. The predicted octanol–water partition coefficient (Wildman–Crippen LogP) is 3.99. The topological polar surface area (TPSA) is 82.0 Å². The van der Waals surface area contributed by atoms with Crippen molar-refractivity contribution in [2.75, 3.05) is 19.7 Å². The number of quaternary nitrogens is 1. The lowest BCUT2D eigenvalue weighted by molar-refractivity contribution is -0.924. The molecule has 1 unspecified atom stereocenters. The van der Waals surface area contributed by atoms with Crippen molar-refractivity contribution in [3.63, 3.8) is 0 Å². The standard InChI is InChI=1S/C29H35NO5/c31-22-11-10-21-17-24-29(34-16-4-7-19-5-2-1-3-6-19)13-12-23(32)27-28(29,25(21)26(22)35-27)14-15-30(24,33)18-20-8-9-20/h1-3,5-6,10-11,20,23-24,27,31-32H,4,7-9,12-18H2/t23-,24-,27+,28+,29-,30?/m1/s1. The van der Waals surface area contributed by atoms with Crippen LogP contribution in [-0.2, 0) is 23.0 Å². The van der Waals surface area contributed by atoms with Crippen molar-refractivity contribution < 1.29 is 24.3 Å². The molecule has 0 amide bonds. The van der Waals surface area contributed by atoms with Crippen LogP contribution >= 0.6 is 0 Å². The van der Waals surface area contributed by atoms with Crippen molar-refractivity contribution in [1.82, 2.24) is 0 Å². The number of piperidine rings is 1. The molecule has 6 heteroatoms. The van der Waals surface area contributed by atoms with Crippen molar-refractivity contribution in [2.45, 2.75) is 80.6 Å². The molecule has 3 aliphatic carbocycles. The number of phenolic OH excluding ortho intramolecular Hbond substituents is 1. The van der Waals surface area contributed by atoms with Gasteiger partial charge in [0.2, 0.25) is 0 Å². The smallest absolute Gasteiger partial charge is 0.165 e. The molecule has 2 aromatic carbocycles. The van der Waals surface area contributed by atoms with Crippen LogP contribution in [-0.4, -0.2) is 58.4 Å². The SMILES string of the molecule is [O-][N+]1(CC2CC2)CC[C@]23c4c5ccc(O)c4O[C@H]2[C@H](O)CC[C@@]3(OCCCc2ccccc2)[C@H]1C5. The van der Waals surface area contributed by atoms with E-state index in [1.165, 1.54) is 5.56 Å². The van der Waals surface area contributed by atoms with Gasteiger partial charge in [0.1, 0.15) is 17.7 Å². The Kier molecular flexibility index (Phi) is 4.86. The van der Waals surface area contributed by atoms with Gasteiger partial charge in [0.05, 0.1) is 24.6 Å². The average Bonchev–Trinajstić information content (AvgIpc) is 3.59. The summed E-state index contributed by atoms with van der Waals surface area (Å²) in [5.41, 5.74) is 2.13. The molecule has 0 radical (unpaired) electrons. The Morgan fingerprint density at radius 3 is 2.71 bits per heavy atom. The van der Waals surface area contributed by atoms with E-state index < -0.39 is 23.2 Å². The number of phenols is 1.